The number of carbonyl (C=O) groups excluding carboxylic acids is 6. The molecule has 8 atom stereocenters. The van der Waals surface area contributed by atoms with Crippen molar-refractivity contribution in [2.75, 3.05) is 62.1 Å². The second-order valence-electron chi connectivity index (χ2n) is 21.4. The van der Waals surface area contributed by atoms with Gasteiger partial charge in [-0.2, -0.15) is 0 Å². The summed E-state index contributed by atoms with van der Waals surface area (Å²) in [4.78, 5) is 78.9. The van der Waals surface area contributed by atoms with E-state index in [-0.39, 0.29) is 54.9 Å². The zero-order valence-corrected chi connectivity index (χ0v) is 48.7. The molecule has 0 spiro atoms. The molecule has 2 N–H and O–H groups in total. The molecule has 1 fully saturated rings. The minimum Gasteiger partial charge on any atom is -0.458 e. The number of nitrogens with one attached hydrogen (secondary N) is 2. The average molecular weight is 1060 g/mol. The lowest BCUT2D eigenvalue weighted by atomic mass is 9.90. The molecule has 3 aromatic rings. The van der Waals surface area contributed by atoms with Crippen LogP contribution in [-0.2, 0) is 49.3 Å². The second kappa shape index (κ2) is 33.4. The molecular weight excluding hydrogens is 963 g/mol. The van der Waals surface area contributed by atoms with Gasteiger partial charge < -0.3 is 53.9 Å². The van der Waals surface area contributed by atoms with Crippen LogP contribution < -0.4 is 10.6 Å². The smallest absolute Gasteiger partial charge is 0.410 e. The van der Waals surface area contributed by atoms with Crippen LogP contribution in [0.2, 0.25) is 0 Å². The molecule has 1 saturated heterocycles. The van der Waals surface area contributed by atoms with E-state index < -0.39 is 41.8 Å². The predicted octanol–water partition coefficient (Wildman–Crippen LogP) is 9.16. The molecule has 2 aliphatic rings. The van der Waals surface area contributed by atoms with E-state index in [1.807, 2.05) is 82.5 Å². The van der Waals surface area contributed by atoms with Crippen LogP contribution in [0.15, 0.2) is 91.0 Å². The number of methoxy groups -OCH3 is 2. The molecule has 3 amide bonds. The van der Waals surface area contributed by atoms with E-state index in [1.165, 1.54) is 33.6 Å². The van der Waals surface area contributed by atoms with Gasteiger partial charge in [0.1, 0.15) is 30.8 Å². The van der Waals surface area contributed by atoms with Gasteiger partial charge in [-0.15, -0.1) is 0 Å². The molecule has 3 aromatic carbocycles. The first kappa shape index (κ1) is 66.4. The highest BCUT2D eigenvalue weighted by Gasteiger charge is 2.43. The average Bonchev–Trinajstić information content (AvgIpc) is 3.92. The van der Waals surface area contributed by atoms with E-state index in [0.717, 1.165) is 30.1 Å². The largest absolute Gasteiger partial charge is 0.458 e. The molecule has 0 radical (unpaired) electrons. The van der Waals surface area contributed by atoms with Gasteiger partial charge in [-0.1, -0.05) is 152 Å². The Morgan fingerprint density at radius 1 is 0.842 bits per heavy atom. The minimum absolute atomic E-state index is 0.0264. The van der Waals surface area contributed by atoms with Crippen molar-refractivity contribution >= 4 is 36.4 Å². The van der Waals surface area contributed by atoms with Crippen molar-refractivity contribution in [2.45, 2.75) is 149 Å². The number of fused-ring (bicyclic) bond motifs is 3. The Morgan fingerprint density at radius 2 is 1.39 bits per heavy atom. The molecule has 15 heteroatoms. The Bertz CT molecular complexity index is 2220. The number of nitrogens with zero attached hydrogens (tertiary/aromatic N) is 3. The van der Waals surface area contributed by atoms with Gasteiger partial charge in [0.15, 0.2) is 0 Å². The highest BCUT2D eigenvalue weighted by Crippen LogP contribution is 2.44. The first-order valence-corrected chi connectivity index (χ1v) is 26.9. The van der Waals surface area contributed by atoms with Crippen molar-refractivity contribution in [3.05, 3.63) is 108 Å². The lowest BCUT2D eigenvalue weighted by Gasteiger charge is -2.38. The molecule has 15 nitrogen and oxygen atoms in total. The molecule has 5 rings (SSSR count). The van der Waals surface area contributed by atoms with Gasteiger partial charge in [0, 0.05) is 46.2 Å². The number of benzene rings is 3. The van der Waals surface area contributed by atoms with Crippen LogP contribution in [0.25, 0.3) is 11.1 Å². The summed E-state index contributed by atoms with van der Waals surface area (Å²) in [6.07, 6.45) is 3.50. The Hall–Kier alpha value is -5.74. The van der Waals surface area contributed by atoms with Crippen LogP contribution in [0.4, 0.5) is 4.79 Å². The Morgan fingerprint density at radius 3 is 1.84 bits per heavy atom. The van der Waals surface area contributed by atoms with E-state index in [0.29, 0.717) is 31.8 Å². The van der Waals surface area contributed by atoms with Gasteiger partial charge in [0.25, 0.3) is 0 Å². The summed E-state index contributed by atoms with van der Waals surface area (Å²) >= 11 is 0. The Balaban J connectivity index is 0.000000500. The topological polar surface area (TPSA) is 173 Å². The monoisotopic (exact) mass is 1060 g/mol. The fourth-order valence-corrected chi connectivity index (χ4v) is 9.64. The highest BCUT2D eigenvalue weighted by molar-refractivity contribution is 5.87. The van der Waals surface area contributed by atoms with Crippen molar-refractivity contribution in [2.24, 2.45) is 17.8 Å². The summed E-state index contributed by atoms with van der Waals surface area (Å²) in [5.41, 5.74) is 5.84. The summed E-state index contributed by atoms with van der Waals surface area (Å²) < 4.78 is 23.0. The number of likely N-dealkylation sites (N-methyl/N-ethyl adjacent to an activating group) is 3. The van der Waals surface area contributed by atoms with E-state index >= 15 is 0 Å². The molecule has 0 saturated carbocycles. The molecule has 422 valence electrons. The van der Waals surface area contributed by atoms with Gasteiger partial charge in [-0.25, -0.2) is 9.59 Å². The number of ether oxygens (including phenoxy) is 4. The number of aldehydes is 2. The van der Waals surface area contributed by atoms with Gasteiger partial charge in [0.2, 0.25) is 11.8 Å². The number of hydrogen-bond acceptors (Lipinski definition) is 12. The predicted molar refractivity (Wildman–Crippen MR) is 303 cm³/mol. The van der Waals surface area contributed by atoms with E-state index in [9.17, 15) is 28.8 Å². The molecular formula is C61H93N5O10. The Labute approximate surface area is 455 Å². The van der Waals surface area contributed by atoms with Crippen molar-refractivity contribution in [3.63, 3.8) is 0 Å². The molecule has 1 heterocycles. The lowest BCUT2D eigenvalue weighted by molar-refractivity contribution is -0.159. The maximum absolute atomic E-state index is 13.8. The molecule has 76 heavy (non-hydrogen) atoms. The number of esters is 1. The van der Waals surface area contributed by atoms with Gasteiger partial charge in [-0.3, -0.25) is 9.59 Å². The van der Waals surface area contributed by atoms with Gasteiger partial charge in [0.05, 0.1) is 43.2 Å². The molecule has 0 bridgehead atoms. The van der Waals surface area contributed by atoms with Crippen molar-refractivity contribution in [1.29, 1.82) is 0 Å². The number of likely N-dealkylation sites (tertiary alicyclic amines) is 1. The first-order chi connectivity index (χ1) is 36.0. The Kier molecular flexibility index (Phi) is 29.2. The SMILES string of the molecule is C=C1CC(C(OC)C(C)C(=O)NC(Cc2ccccc2)C(=O)OC(C)(C)C)N(C(=O)CC(OC)C(C(C)CC)N(C)C)C1.CC(C)C(C=O)N(C)C(=O)OCC1c2ccccc2-c2ccccc21.CCC.CNCC=O. The fourth-order valence-electron chi connectivity index (χ4n) is 9.64. The third-order valence-corrected chi connectivity index (χ3v) is 13.5. The second-order valence-corrected chi connectivity index (χ2v) is 21.4. The van der Waals surface area contributed by atoms with E-state index in [4.69, 9.17) is 18.9 Å². The summed E-state index contributed by atoms with van der Waals surface area (Å²) in [5, 5.41) is 5.57. The molecule has 1 aliphatic heterocycles. The standard InChI is InChI=1S/C34H55N3O6.C21H23NO3.C3H7NO.C3H8/c1-12-23(3)30(36(8)9)28(41-10)20-29(38)37-21-22(2)18-27(37)31(42-11)24(4)32(39)35-26(33(40)43-34(5,6)7)19-25-16-14-13-15-17-25;1-14(2)20(12-23)22(3)21(24)25-13-19-17-10-6-4-8-15(17)16-9-5-7-11-18(16)19;1-4-2-3-5;1-3-2/h13-17,23-24,26-28,30-31H,2,12,18-21H2,1,3-11H3,(H,35,39);4-12,14,19-20H,13H2,1-3H3;3-4H,2H2,1H3;3H2,1-2H3. The van der Waals surface area contributed by atoms with Gasteiger partial charge in [-0.05, 0) is 88.0 Å². The van der Waals surface area contributed by atoms with Crippen LogP contribution in [0, 0.1) is 17.8 Å². The van der Waals surface area contributed by atoms with Crippen molar-refractivity contribution in [3.8, 4) is 11.1 Å². The fraction of sp³-hybridized carbons (Fsp3) is 0.574. The third-order valence-electron chi connectivity index (χ3n) is 13.5. The zero-order chi connectivity index (χ0) is 57.3. The molecule has 1 aliphatic carbocycles. The quantitative estimate of drug-likeness (QED) is 0.0556. The maximum atomic E-state index is 13.8. The molecule has 0 aromatic heterocycles. The van der Waals surface area contributed by atoms with Crippen LogP contribution in [0.3, 0.4) is 0 Å². The summed E-state index contributed by atoms with van der Waals surface area (Å²) in [6.45, 7) is 24.8. The first-order valence-electron chi connectivity index (χ1n) is 26.9. The normalized spacial score (nSPS) is 16.5. The summed E-state index contributed by atoms with van der Waals surface area (Å²) in [6, 6.07) is 24.3. The number of carbonyl (C=O) groups is 6. The maximum Gasteiger partial charge on any atom is 0.410 e. The third kappa shape index (κ3) is 20.0. The van der Waals surface area contributed by atoms with E-state index in [1.54, 1.807) is 60.9 Å². The van der Waals surface area contributed by atoms with E-state index in [2.05, 4.69) is 74.1 Å². The minimum atomic E-state index is -0.878. The van der Waals surface area contributed by atoms with Crippen LogP contribution in [0.1, 0.15) is 118 Å². The molecule has 8 unspecified atom stereocenters. The summed E-state index contributed by atoms with van der Waals surface area (Å²) in [5.74, 6) is -1.16. The van der Waals surface area contributed by atoms with Gasteiger partial charge >= 0.3 is 12.1 Å². The lowest BCUT2D eigenvalue weighted by Crippen LogP contribution is -2.54. The highest BCUT2D eigenvalue weighted by atomic mass is 16.6. The number of hydrogen-bond donors (Lipinski definition) is 2. The zero-order valence-electron chi connectivity index (χ0n) is 48.7. The van der Waals surface area contributed by atoms with Crippen LogP contribution in [-0.4, -0.2) is 155 Å². The van der Waals surface area contributed by atoms with Crippen LogP contribution in [0.5, 0.6) is 0 Å². The van der Waals surface area contributed by atoms with Crippen molar-refractivity contribution in [1.82, 2.24) is 25.3 Å². The number of amides is 3. The number of rotatable bonds is 22. The van der Waals surface area contributed by atoms with Crippen LogP contribution >= 0.6 is 0 Å². The summed E-state index contributed by atoms with van der Waals surface area (Å²) in [7, 11) is 10.6. The van der Waals surface area contributed by atoms with Crippen molar-refractivity contribution < 1.29 is 47.7 Å².